The summed E-state index contributed by atoms with van der Waals surface area (Å²) in [6.07, 6.45) is -1.52. The first-order valence-electron chi connectivity index (χ1n) is 8.04. The molecule has 0 aliphatic heterocycles. The van der Waals surface area contributed by atoms with Crippen molar-refractivity contribution in [2.24, 2.45) is 4.95 Å². The number of benzene rings is 2. The van der Waals surface area contributed by atoms with Gasteiger partial charge in [0.05, 0.1) is 17.5 Å². The van der Waals surface area contributed by atoms with Gasteiger partial charge in [-0.2, -0.15) is 0 Å². The van der Waals surface area contributed by atoms with E-state index in [4.69, 9.17) is 9.63 Å². The van der Waals surface area contributed by atoms with Crippen molar-refractivity contribution in [3.8, 4) is 11.5 Å². The molecule has 2 N–H and O–H groups in total. The molecule has 0 aliphatic rings. The molecule has 11 nitrogen and oxygen atoms in total. The summed E-state index contributed by atoms with van der Waals surface area (Å²) in [5.41, 5.74) is 0.0154. The number of nitrogens with zero attached hydrogens (tertiary/aromatic N) is 2. The summed E-state index contributed by atoms with van der Waals surface area (Å²) in [4.78, 5) is 55.9. The lowest BCUT2D eigenvalue weighted by atomic mass is 10.0. The number of phenolic OH excluding ortho intramolecular Hbond substituents is 1. The number of hydrogen-bond acceptors (Lipinski definition) is 8. The summed E-state index contributed by atoms with van der Waals surface area (Å²) < 4.78 is 16.0. The van der Waals surface area contributed by atoms with Gasteiger partial charge in [0.1, 0.15) is 0 Å². The third-order valence-electron chi connectivity index (χ3n) is 3.79. The summed E-state index contributed by atoms with van der Waals surface area (Å²) in [7, 11) is -4.39. The van der Waals surface area contributed by atoms with Crippen LogP contribution in [0.2, 0.25) is 0 Å². The zero-order valence-corrected chi connectivity index (χ0v) is 15.9. The summed E-state index contributed by atoms with van der Waals surface area (Å²) in [6, 6.07) is 8.13. The molecule has 2 rings (SSSR count). The highest BCUT2D eigenvalue weighted by Crippen LogP contribution is 2.42. The van der Waals surface area contributed by atoms with Crippen LogP contribution in [0.15, 0.2) is 41.3 Å². The number of nitro groups is 1. The van der Waals surface area contributed by atoms with E-state index >= 15 is 0 Å². The highest BCUT2D eigenvalue weighted by molar-refractivity contribution is 7.56. The van der Waals surface area contributed by atoms with Gasteiger partial charge in [0.2, 0.25) is 5.75 Å². The van der Waals surface area contributed by atoms with Crippen molar-refractivity contribution in [2.45, 2.75) is 13.3 Å². The molecule has 152 valence electrons. The number of ketones is 1. The van der Waals surface area contributed by atoms with Gasteiger partial charge in [0.25, 0.3) is 0 Å². The maximum Gasteiger partial charge on any atom is 0.350 e. The molecule has 1 atom stereocenters. The molecule has 0 bridgehead atoms. The molecule has 0 heterocycles. The second kappa shape index (κ2) is 8.72. The molecule has 12 heteroatoms. The summed E-state index contributed by atoms with van der Waals surface area (Å²) in [5.74, 6) is -3.45. The topological polar surface area (TPSA) is 173 Å². The fraction of sp³-hybridized carbons (Fsp3) is 0.176. The predicted octanol–water partition coefficient (Wildman–Crippen LogP) is 3.09. The minimum absolute atomic E-state index is 0.214. The molecule has 0 aromatic heterocycles. The van der Waals surface area contributed by atoms with Gasteiger partial charge in [-0.05, 0) is 13.0 Å². The molecule has 1 unspecified atom stereocenters. The molecule has 2 aromatic carbocycles. The van der Waals surface area contributed by atoms with Crippen molar-refractivity contribution in [2.75, 3.05) is 6.16 Å². The van der Waals surface area contributed by atoms with E-state index in [2.05, 4.69) is 0 Å². The van der Waals surface area contributed by atoms with Gasteiger partial charge in [-0.1, -0.05) is 29.8 Å². The molecular formula is C17H15N2O9P. The van der Waals surface area contributed by atoms with Gasteiger partial charge in [-0.25, -0.2) is 0 Å². The van der Waals surface area contributed by atoms with Crippen LogP contribution >= 0.6 is 7.52 Å². The highest BCUT2D eigenvalue weighted by atomic mass is 31.2. The molecule has 0 spiro atoms. The van der Waals surface area contributed by atoms with Gasteiger partial charge in [0, 0.05) is 22.1 Å². The van der Waals surface area contributed by atoms with E-state index in [9.17, 15) is 34.3 Å². The SMILES string of the molecule is Cc1ccc(C(=O)c2cc(OC(=O)CCP(=O)(O)N=O)c(O)c([N+](=O)[O-])c2)cc1. The van der Waals surface area contributed by atoms with Crippen LogP contribution in [0.3, 0.4) is 0 Å². The van der Waals surface area contributed by atoms with E-state index in [0.29, 0.717) is 0 Å². The number of nitroso groups, excluding NO2 is 1. The lowest BCUT2D eigenvalue weighted by molar-refractivity contribution is -0.385. The monoisotopic (exact) mass is 422 g/mol. The predicted molar refractivity (Wildman–Crippen MR) is 100 cm³/mol. The van der Waals surface area contributed by atoms with E-state index in [1.807, 2.05) is 11.9 Å². The number of aromatic hydroxyl groups is 1. The number of rotatable bonds is 8. The Hall–Kier alpha value is -3.43. The smallest absolute Gasteiger partial charge is 0.350 e. The Bertz CT molecular complexity index is 1030. The number of nitro benzene ring substituents is 1. The lowest BCUT2D eigenvalue weighted by Gasteiger charge is -2.09. The van der Waals surface area contributed by atoms with Crippen LogP contribution in [0.4, 0.5) is 5.69 Å². The quantitative estimate of drug-likeness (QED) is 0.123. The highest BCUT2D eigenvalue weighted by Gasteiger charge is 2.26. The van der Waals surface area contributed by atoms with Crippen molar-refractivity contribution in [1.29, 1.82) is 0 Å². The third-order valence-corrected chi connectivity index (χ3v) is 4.85. The van der Waals surface area contributed by atoms with Crippen LogP contribution in [0.5, 0.6) is 11.5 Å². The van der Waals surface area contributed by atoms with Gasteiger partial charge in [-0.15, -0.1) is 4.91 Å². The Morgan fingerprint density at radius 2 is 1.83 bits per heavy atom. The zero-order valence-electron chi connectivity index (χ0n) is 15.0. The van der Waals surface area contributed by atoms with Crippen LogP contribution in [-0.4, -0.2) is 32.8 Å². The van der Waals surface area contributed by atoms with Crippen LogP contribution in [0.1, 0.15) is 27.9 Å². The van der Waals surface area contributed by atoms with E-state index in [-0.39, 0.29) is 11.1 Å². The van der Waals surface area contributed by atoms with Crippen molar-refractivity contribution < 1.29 is 33.8 Å². The largest absolute Gasteiger partial charge is 0.499 e. The average molecular weight is 422 g/mol. The first-order valence-corrected chi connectivity index (χ1v) is 9.84. The maximum absolute atomic E-state index is 12.6. The minimum atomic E-state index is -4.39. The maximum atomic E-state index is 12.6. The Balaban J connectivity index is 2.36. The summed E-state index contributed by atoms with van der Waals surface area (Å²) in [6.45, 7) is 1.81. The van der Waals surface area contributed by atoms with E-state index in [0.717, 1.165) is 17.7 Å². The summed E-state index contributed by atoms with van der Waals surface area (Å²) in [5, 5.41) is 21.2. The van der Waals surface area contributed by atoms with Crippen molar-refractivity contribution in [3.05, 3.63) is 68.1 Å². The van der Waals surface area contributed by atoms with Crippen LogP contribution < -0.4 is 4.74 Å². The normalized spacial score (nSPS) is 12.6. The first kappa shape index (κ1) is 21.9. The fourth-order valence-electron chi connectivity index (χ4n) is 2.26. The van der Waals surface area contributed by atoms with E-state index < -0.39 is 54.0 Å². The average Bonchev–Trinajstić information content (AvgIpc) is 2.68. The molecule has 0 saturated carbocycles. The van der Waals surface area contributed by atoms with Gasteiger partial charge in [-0.3, -0.25) is 24.3 Å². The number of ether oxygens (including phenoxy) is 1. The van der Waals surface area contributed by atoms with E-state index in [1.54, 1.807) is 12.1 Å². The molecule has 0 amide bonds. The molecular weight excluding hydrogens is 407 g/mol. The zero-order chi connectivity index (χ0) is 21.8. The second-order valence-electron chi connectivity index (χ2n) is 5.99. The molecule has 0 aliphatic carbocycles. The minimum Gasteiger partial charge on any atom is -0.499 e. The van der Waals surface area contributed by atoms with Crippen LogP contribution in [-0.2, 0) is 9.36 Å². The summed E-state index contributed by atoms with van der Waals surface area (Å²) >= 11 is 0. The Morgan fingerprint density at radius 3 is 2.38 bits per heavy atom. The van der Waals surface area contributed by atoms with Crippen molar-refractivity contribution in [3.63, 3.8) is 0 Å². The molecule has 0 radical (unpaired) electrons. The Labute approximate surface area is 163 Å². The van der Waals surface area contributed by atoms with Gasteiger partial charge in [0.15, 0.2) is 11.5 Å². The number of hydrogen-bond donors (Lipinski definition) is 2. The second-order valence-corrected chi connectivity index (χ2v) is 7.93. The number of carbonyl (C=O) groups excluding carboxylic acids is 2. The van der Waals surface area contributed by atoms with Crippen molar-refractivity contribution >= 4 is 25.0 Å². The van der Waals surface area contributed by atoms with E-state index in [1.165, 1.54) is 12.1 Å². The standard InChI is InChI=1S/C17H15N2O9P/c1-10-2-4-11(5-3-10)16(21)12-8-13(19(24)25)17(22)14(9-12)28-15(20)6-7-29(26,27)18-23/h2-5,8-9,22H,6-7H2,1H3,(H,26,27). The molecule has 29 heavy (non-hydrogen) atoms. The van der Waals surface area contributed by atoms with Crippen LogP contribution in [0, 0.1) is 21.9 Å². The number of aryl methyl sites for hydroxylation is 1. The van der Waals surface area contributed by atoms with Crippen LogP contribution in [0.25, 0.3) is 0 Å². The Morgan fingerprint density at radius 1 is 1.21 bits per heavy atom. The number of carbonyl (C=O) groups is 2. The molecule has 0 fully saturated rings. The Kier molecular flexibility index (Phi) is 6.57. The number of esters is 1. The lowest BCUT2D eigenvalue weighted by Crippen LogP contribution is -2.11. The first-order chi connectivity index (χ1) is 13.5. The molecule has 2 aromatic rings. The van der Waals surface area contributed by atoms with Gasteiger partial charge < -0.3 is 14.7 Å². The third kappa shape index (κ3) is 5.53. The fourth-order valence-corrected chi connectivity index (χ4v) is 2.82. The van der Waals surface area contributed by atoms with Crippen molar-refractivity contribution in [1.82, 2.24) is 0 Å². The molecule has 0 saturated heterocycles. The van der Waals surface area contributed by atoms with Gasteiger partial charge >= 0.3 is 19.2 Å². The number of phenols is 1.